The molecule has 2 atom stereocenters. The van der Waals surface area contributed by atoms with Gasteiger partial charge in [-0.05, 0) is 17.5 Å². The number of carbonyl (C=O) groups is 1. The van der Waals surface area contributed by atoms with Crippen molar-refractivity contribution >= 4 is 6.09 Å². The average Bonchev–Trinajstić information content (AvgIpc) is 2.57. The number of rotatable bonds is 4. The van der Waals surface area contributed by atoms with Crippen LogP contribution in [0.1, 0.15) is 11.1 Å². The minimum atomic E-state index is -0.982. The molecule has 0 bridgehead atoms. The van der Waals surface area contributed by atoms with E-state index in [2.05, 4.69) is 0 Å². The fourth-order valence-electron chi connectivity index (χ4n) is 2.61. The number of nitrogens with zero attached hydrogens (tertiary/aromatic N) is 1. The quantitative estimate of drug-likeness (QED) is 0.863. The number of amides is 1. The summed E-state index contributed by atoms with van der Waals surface area (Å²) in [5.74, 6) is 0. The smallest absolute Gasteiger partial charge is 0.410 e. The molecule has 1 aliphatic rings. The second-order valence-electron chi connectivity index (χ2n) is 5.47. The second kappa shape index (κ2) is 6.60. The Kier molecular flexibility index (Phi) is 4.37. The van der Waals surface area contributed by atoms with Crippen LogP contribution in [0, 0.1) is 0 Å². The molecule has 0 radical (unpaired) electrons. The number of alkyl halides is 1. The maximum Gasteiger partial charge on any atom is 0.410 e. The van der Waals surface area contributed by atoms with Crippen LogP contribution in [0.25, 0.3) is 0 Å². The van der Waals surface area contributed by atoms with E-state index in [9.17, 15) is 9.18 Å². The number of hydrogen-bond donors (Lipinski definition) is 0. The first-order valence-corrected chi connectivity index (χ1v) is 7.39. The van der Waals surface area contributed by atoms with Gasteiger partial charge < -0.3 is 4.74 Å². The number of ether oxygens (including phenoxy) is 1. The standard InChI is InChI=1S/C18H18FNO2/c19-16-12-20(17(16)11-14-7-3-1-4-8-14)18(21)22-13-15-9-5-2-6-10-15/h1-10,16-17H,11-13H2/t16-,17-/m0/s1. The lowest BCUT2D eigenvalue weighted by molar-refractivity contribution is -0.0132. The second-order valence-corrected chi connectivity index (χ2v) is 5.47. The van der Waals surface area contributed by atoms with Gasteiger partial charge in [-0.25, -0.2) is 9.18 Å². The maximum absolute atomic E-state index is 13.8. The lowest BCUT2D eigenvalue weighted by Gasteiger charge is -2.43. The Labute approximate surface area is 129 Å². The largest absolute Gasteiger partial charge is 0.445 e. The van der Waals surface area contributed by atoms with E-state index in [1.165, 1.54) is 4.90 Å². The van der Waals surface area contributed by atoms with E-state index >= 15 is 0 Å². The predicted molar refractivity (Wildman–Crippen MR) is 82.2 cm³/mol. The summed E-state index contributed by atoms with van der Waals surface area (Å²) < 4.78 is 19.1. The van der Waals surface area contributed by atoms with Gasteiger partial charge in [-0.1, -0.05) is 60.7 Å². The van der Waals surface area contributed by atoms with E-state index in [4.69, 9.17) is 4.74 Å². The van der Waals surface area contributed by atoms with Crippen molar-refractivity contribution in [3.05, 3.63) is 71.8 Å². The fourth-order valence-corrected chi connectivity index (χ4v) is 2.61. The Hall–Kier alpha value is -2.36. The summed E-state index contributed by atoms with van der Waals surface area (Å²) in [5, 5.41) is 0. The summed E-state index contributed by atoms with van der Waals surface area (Å²) in [6.07, 6.45) is -0.911. The molecule has 3 rings (SSSR count). The number of halogens is 1. The van der Waals surface area contributed by atoms with Gasteiger partial charge in [0, 0.05) is 0 Å². The van der Waals surface area contributed by atoms with E-state index in [-0.39, 0.29) is 13.2 Å². The molecule has 0 aromatic heterocycles. The van der Waals surface area contributed by atoms with Crippen LogP contribution in [0.15, 0.2) is 60.7 Å². The third-order valence-electron chi connectivity index (χ3n) is 3.92. The summed E-state index contributed by atoms with van der Waals surface area (Å²) in [4.78, 5) is 13.6. The van der Waals surface area contributed by atoms with Crippen molar-refractivity contribution in [2.75, 3.05) is 6.54 Å². The molecule has 0 N–H and O–H groups in total. The van der Waals surface area contributed by atoms with Crippen LogP contribution in [-0.2, 0) is 17.8 Å². The summed E-state index contributed by atoms with van der Waals surface area (Å²) >= 11 is 0. The monoisotopic (exact) mass is 299 g/mol. The fraction of sp³-hybridized carbons (Fsp3) is 0.278. The minimum Gasteiger partial charge on any atom is -0.445 e. The third-order valence-corrected chi connectivity index (χ3v) is 3.92. The zero-order chi connectivity index (χ0) is 15.4. The van der Waals surface area contributed by atoms with Crippen LogP contribution in [0.3, 0.4) is 0 Å². The third kappa shape index (κ3) is 3.27. The number of carbonyl (C=O) groups excluding carboxylic acids is 1. The molecular weight excluding hydrogens is 281 g/mol. The highest BCUT2D eigenvalue weighted by Gasteiger charge is 2.43. The highest BCUT2D eigenvalue weighted by atomic mass is 19.1. The Morgan fingerprint density at radius 2 is 1.64 bits per heavy atom. The van der Waals surface area contributed by atoms with Crippen LogP contribution in [0.2, 0.25) is 0 Å². The highest BCUT2D eigenvalue weighted by molar-refractivity contribution is 5.69. The normalized spacial score (nSPS) is 20.3. The van der Waals surface area contributed by atoms with Crippen molar-refractivity contribution in [1.82, 2.24) is 4.90 Å². The number of hydrogen-bond acceptors (Lipinski definition) is 2. The van der Waals surface area contributed by atoms with Gasteiger partial charge in [0.25, 0.3) is 0 Å². The van der Waals surface area contributed by atoms with E-state index in [1.54, 1.807) is 0 Å². The number of likely N-dealkylation sites (tertiary alicyclic amines) is 1. The van der Waals surface area contributed by atoms with E-state index in [0.717, 1.165) is 11.1 Å². The van der Waals surface area contributed by atoms with E-state index in [1.807, 2.05) is 60.7 Å². The van der Waals surface area contributed by atoms with Gasteiger partial charge in [0.2, 0.25) is 0 Å². The molecule has 1 saturated heterocycles. The molecule has 2 aromatic rings. The molecule has 4 heteroatoms. The Morgan fingerprint density at radius 3 is 2.23 bits per heavy atom. The van der Waals surface area contributed by atoms with Crippen molar-refractivity contribution in [2.24, 2.45) is 0 Å². The molecule has 2 aromatic carbocycles. The zero-order valence-electron chi connectivity index (χ0n) is 12.2. The molecular formula is C18H18FNO2. The summed E-state index contributed by atoms with van der Waals surface area (Å²) in [6.45, 7) is 0.330. The molecule has 0 aliphatic carbocycles. The molecule has 0 saturated carbocycles. The zero-order valence-corrected chi connectivity index (χ0v) is 12.2. The van der Waals surface area contributed by atoms with Gasteiger partial charge >= 0.3 is 6.09 Å². The van der Waals surface area contributed by atoms with E-state index < -0.39 is 18.3 Å². The van der Waals surface area contributed by atoms with Crippen LogP contribution >= 0.6 is 0 Å². The Bertz CT molecular complexity index is 617. The van der Waals surface area contributed by atoms with Crippen molar-refractivity contribution in [3.63, 3.8) is 0 Å². The van der Waals surface area contributed by atoms with Crippen LogP contribution in [-0.4, -0.2) is 29.8 Å². The van der Waals surface area contributed by atoms with Gasteiger partial charge in [0.1, 0.15) is 12.8 Å². The summed E-state index contributed by atoms with van der Waals surface area (Å²) in [7, 11) is 0. The van der Waals surface area contributed by atoms with Crippen molar-refractivity contribution in [1.29, 1.82) is 0 Å². The first-order valence-electron chi connectivity index (χ1n) is 7.39. The summed E-state index contributed by atoms with van der Waals surface area (Å²) in [6, 6.07) is 18.7. The van der Waals surface area contributed by atoms with Gasteiger partial charge in [-0.15, -0.1) is 0 Å². The molecule has 1 fully saturated rings. The Balaban J connectivity index is 1.56. The molecule has 3 nitrogen and oxygen atoms in total. The predicted octanol–water partition coefficient (Wildman–Crippen LogP) is 3.59. The Morgan fingerprint density at radius 1 is 1.05 bits per heavy atom. The lowest BCUT2D eigenvalue weighted by atomic mass is 9.94. The van der Waals surface area contributed by atoms with Gasteiger partial charge in [0.05, 0.1) is 12.6 Å². The molecule has 114 valence electrons. The van der Waals surface area contributed by atoms with E-state index in [0.29, 0.717) is 6.42 Å². The average molecular weight is 299 g/mol. The molecule has 0 spiro atoms. The first kappa shape index (κ1) is 14.6. The van der Waals surface area contributed by atoms with Crippen molar-refractivity contribution in [2.45, 2.75) is 25.2 Å². The van der Waals surface area contributed by atoms with Gasteiger partial charge in [-0.2, -0.15) is 0 Å². The topological polar surface area (TPSA) is 29.5 Å². The van der Waals surface area contributed by atoms with Gasteiger partial charge in [-0.3, -0.25) is 4.90 Å². The SMILES string of the molecule is O=C(OCc1ccccc1)N1C[C@H](F)[C@@H]1Cc1ccccc1. The molecule has 0 unspecified atom stereocenters. The molecule has 1 amide bonds. The van der Waals surface area contributed by atoms with Crippen LogP contribution in [0.4, 0.5) is 9.18 Å². The van der Waals surface area contributed by atoms with Crippen molar-refractivity contribution < 1.29 is 13.9 Å². The minimum absolute atomic E-state index is 0.116. The van der Waals surface area contributed by atoms with Crippen LogP contribution < -0.4 is 0 Å². The molecule has 22 heavy (non-hydrogen) atoms. The molecule has 1 aliphatic heterocycles. The van der Waals surface area contributed by atoms with Crippen molar-refractivity contribution in [3.8, 4) is 0 Å². The van der Waals surface area contributed by atoms with Crippen LogP contribution in [0.5, 0.6) is 0 Å². The lowest BCUT2D eigenvalue weighted by Crippen LogP contribution is -2.61. The summed E-state index contributed by atoms with van der Waals surface area (Å²) in [5.41, 5.74) is 1.95. The first-order chi connectivity index (χ1) is 10.7. The highest BCUT2D eigenvalue weighted by Crippen LogP contribution is 2.26. The molecule has 1 heterocycles. The van der Waals surface area contributed by atoms with Gasteiger partial charge in [0.15, 0.2) is 0 Å². The number of benzene rings is 2. The maximum atomic E-state index is 13.8.